The summed E-state index contributed by atoms with van der Waals surface area (Å²) in [5.74, 6) is 2.06. The second kappa shape index (κ2) is 8.89. The molecule has 2 aromatic carbocycles. The third-order valence-electron chi connectivity index (χ3n) is 3.45. The number of benzene rings is 2. The molecule has 0 spiro atoms. The van der Waals surface area contributed by atoms with Gasteiger partial charge in [-0.3, -0.25) is 5.43 Å². The van der Waals surface area contributed by atoms with Crippen molar-refractivity contribution in [1.82, 2.24) is 5.43 Å². The number of nitrogens with zero attached hydrogens (tertiary/aromatic N) is 1. The highest BCUT2D eigenvalue weighted by Crippen LogP contribution is 2.27. The lowest BCUT2D eigenvalue weighted by atomic mass is 10.1. The summed E-state index contributed by atoms with van der Waals surface area (Å²) < 4.78 is 15.7. The molecule has 0 saturated heterocycles. The highest BCUT2D eigenvalue weighted by Gasteiger charge is 2.07. The van der Waals surface area contributed by atoms with E-state index >= 15 is 0 Å². The maximum absolute atomic E-state index is 5.30. The van der Waals surface area contributed by atoms with Crippen molar-refractivity contribution in [2.45, 2.75) is 6.92 Å². The van der Waals surface area contributed by atoms with Gasteiger partial charge in [0.05, 0.1) is 27.0 Å². The Labute approximate surface area is 152 Å². The van der Waals surface area contributed by atoms with E-state index in [4.69, 9.17) is 26.4 Å². The highest BCUT2D eigenvalue weighted by atomic mass is 32.1. The minimum atomic E-state index is 0.382. The number of thiocarbonyl (C=S) groups is 1. The Bertz CT molecular complexity index is 778. The van der Waals surface area contributed by atoms with Crippen LogP contribution in [0.25, 0.3) is 0 Å². The van der Waals surface area contributed by atoms with Crippen molar-refractivity contribution in [2.75, 3.05) is 26.6 Å². The quantitative estimate of drug-likeness (QED) is 0.468. The zero-order valence-electron chi connectivity index (χ0n) is 14.6. The van der Waals surface area contributed by atoms with Gasteiger partial charge in [-0.25, -0.2) is 0 Å². The van der Waals surface area contributed by atoms with Crippen molar-refractivity contribution in [3.63, 3.8) is 0 Å². The molecule has 0 aliphatic heterocycles. The Kier molecular flexibility index (Phi) is 6.59. The minimum absolute atomic E-state index is 0.382. The molecular formula is C18H21N3O3S. The van der Waals surface area contributed by atoms with Crippen molar-refractivity contribution < 1.29 is 14.2 Å². The largest absolute Gasteiger partial charge is 0.497 e. The third kappa shape index (κ3) is 5.09. The average molecular weight is 359 g/mol. The molecule has 0 bridgehead atoms. The molecule has 0 radical (unpaired) electrons. The summed E-state index contributed by atoms with van der Waals surface area (Å²) in [4.78, 5) is 0. The number of nitrogens with one attached hydrogen (secondary N) is 2. The molecular weight excluding hydrogens is 338 g/mol. The third-order valence-corrected chi connectivity index (χ3v) is 3.65. The van der Waals surface area contributed by atoms with E-state index in [0.717, 1.165) is 22.7 Å². The summed E-state index contributed by atoms with van der Waals surface area (Å²) in [6, 6.07) is 13.1. The van der Waals surface area contributed by atoms with E-state index in [1.165, 1.54) is 0 Å². The molecule has 25 heavy (non-hydrogen) atoms. The first-order valence-corrected chi connectivity index (χ1v) is 7.96. The lowest BCUT2D eigenvalue weighted by Crippen LogP contribution is -2.25. The normalized spacial score (nSPS) is 10.8. The van der Waals surface area contributed by atoms with Crippen LogP contribution in [-0.2, 0) is 0 Å². The number of hydrogen-bond acceptors (Lipinski definition) is 5. The first kappa shape index (κ1) is 18.5. The molecule has 0 unspecified atom stereocenters. The van der Waals surface area contributed by atoms with Crippen LogP contribution in [0.15, 0.2) is 47.6 Å². The molecule has 2 aromatic rings. The summed E-state index contributed by atoms with van der Waals surface area (Å²) in [6.45, 7) is 1.88. The van der Waals surface area contributed by atoms with Gasteiger partial charge in [-0.05, 0) is 49.5 Å². The molecule has 7 heteroatoms. The summed E-state index contributed by atoms with van der Waals surface area (Å²) in [5.41, 5.74) is 5.30. The van der Waals surface area contributed by atoms with Gasteiger partial charge in [0.25, 0.3) is 0 Å². The Morgan fingerprint density at radius 1 is 0.960 bits per heavy atom. The number of hydrazone groups is 1. The zero-order valence-corrected chi connectivity index (χ0v) is 15.4. The van der Waals surface area contributed by atoms with Gasteiger partial charge >= 0.3 is 0 Å². The minimum Gasteiger partial charge on any atom is -0.497 e. The van der Waals surface area contributed by atoms with Crippen LogP contribution in [0.5, 0.6) is 17.2 Å². The highest BCUT2D eigenvalue weighted by molar-refractivity contribution is 7.80. The lowest BCUT2D eigenvalue weighted by Gasteiger charge is -2.11. The number of hydrogen-bond donors (Lipinski definition) is 2. The Balaban J connectivity index is 2.03. The Hall–Kier alpha value is -2.80. The average Bonchev–Trinajstić information content (AvgIpc) is 2.65. The van der Waals surface area contributed by atoms with Crippen LogP contribution in [0.1, 0.15) is 12.5 Å². The summed E-state index contributed by atoms with van der Waals surface area (Å²) in [5, 5.41) is 7.73. The molecule has 0 heterocycles. The van der Waals surface area contributed by atoms with E-state index in [-0.39, 0.29) is 0 Å². The monoisotopic (exact) mass is 359 g/mol. The fourth-order valence-corrected chi connectivity index (χ4v) is 2.28. The Morgan fingerprint density at radius 2 is 1.72 bits per heavy atom. The first-order valence-electron chi connectivity index (χ1n) is 7.55. The fraction of sp³-hybridized carbons (Fsp3) is 0.222. The van der Waals surface area contributed by atoms with Gasteiger partial charge in [0.15, 0.2) is 16.6 Å². The topological polar surface area (TPSA) is 64.1 Å². The van der Waals surface area contributed by atoms with Crippen LogP contribution in [0.3, 0.4) is 0 Å². The molecule has 0 aromatic heterocycles. The zero-order chi connectivity index (χ0) is 18.2. The molecule has 0 saturated carbocycles. The van der Waals surface area contributed by atoms with Crippen molar-refractivity contribution >= 4 is 28.7 Å². The van der Waals surface area contributed by atoms with Crippen molar-refractivity contribution in [3.05, 3.63) is 48.0 Å². The predicted molar refractivity (Wildman–Crippen MR) is 104 cm³/mol. The standard InChI is InChI=1S/C18H21N3O3S/c1-12(13-8-9-16(23-3)17(10-13)24-4)20-21-18(25)19-14-6-5-7-15(11-14)22-2/h5-11H,1-4H3,(H2,19,21,25)/b20-12-. The molecule has 0 amide bonds. The van der Waals surface area contributed by atoms with Gasteiger partial charge in [-0.1, -0.05) is 6.07 Å². The van der Waals surface area contributed by atoms with Gasteiger partial charge in [0, 0.05) is 17.3 Å². The smallest absolute Gasteiger partial charge is 0.191 e. The molecule has 0 fully saturated rings. The summed E-state index contributed by atoms with van der Waals surface area (Å²) in [7, 11) is 4.81. The maximum Gasteiger partial charge on any atom is 0.191 e. The van der Waals surface area contributed by atoms with Crippen LogP contribution in [0.2, 0.25) is 0 Å². The lowest BCUT2D eigenvalue weighted by molar-refractivity contribution is 0.355. The van der Waals surface area contributed by atoms with E-state index in [1.54, 1.807) is 21.3 Å². The van der Waals surface area contributed by atoms with Gasteiger partial charge in [0.1, 0.15) is 5.75 Å². The molecule has 0 aliphatic rings. The molecule has 132 valence electrons. The van der Waals surface area contributed by atoms with Crippen LogP contribution in [-0.4, -0.2) is 32.2 Å². The maximum atomic E-state index is 5.30. The van der Waals surface area contributed by atoms with E-state index in [1.807, 2.05) is 49.4 Å². The molecule has 0 aliphatic carbocycles. The summed E-state index contributed by atoms with van der Waals surface area (Å²) in [6.07, 6.45) is 0. The fourth-order valence-electron chi connectivity index (χ4n) is 2.12. The molecule has 6 nitrogen and oxygen atoms in total. The van der Waals surface area contributed by atoms with Crippen LogP contribution < -0.4 is 25.0 Å². The van der Waals surface area contributed by atoms with E-state index < -0.39 is 0 Å². The van der Waals surface area contributed by atoms with E-state index in [9.17, 15) is 0 Å². The Morgan fingerprint density at radius 3 is 2.40 bits per heavy atom. The van der Waals surface area contributed by atoms with E-state index in [0.29, 0.717) is 16.6 Å². The second-order valence-corrected chi connectivity index (χ2v) is 5.47. The van der Waals surface area contributed by atoms with Crippen LogP contribution in [0.4, 0.5) is 5.69 Å². The van der Waals surface area contributed by atoms with Gasteiger partial charge < -0.3 is 19.5 Å². The number of anilines is 1. The summed E-state index contributed by atoms with van der Waals surface area (Å²) >= 11 is 5.26. The first-order chi connectivity index (χ1) is 12.1. The molecule has 2 N–H and O–H groups in total. The predicted octanol–water partition coefficient (Wildman–Crippen LogP) is 3.42. The number of methoxy groups -OCH3 is 3. The van der Waals surface area contributed by atoms with E-state index in [2.05, 4.69) is 15.8 Å². The molecule has 0 atom stereocenters. The SMILES string of the molecule is COc1cccc(NC(=S)N/N=C(/C)c2ccc(OC)c(OC)c2)c1. The number of ether oxygens (including phenoxy) is 3. The number of rotatable bonds is 6. The van der Waals surface area contributed by atoms with Gasteiger partial charge in [-0.2, -0.15) is 5.10 Å². The van der Waals surface area contributed by atoms with Crippen molar-refractivity contribution in [3.8, 4) is 17.2 Å². The molecule has 2 rings (SSSR count). The second-order valence-electron chi connectivity index (χ2n) is 5.06. The van der Waals surface area contributed by atoms with Crippen molar-refractivity contribution in [2.24, 2.45) is 5.10 Å². The van der Waals surface area contributed by atoms with Crippen molar-refractivity contribution in [1.29, 1.82) is 0 Å². The van der Waals surface area contributed by atoms with Gasteiger partial charge in [-0.15, -0.1) is 0 Å². The van der Waals surface area contributed by atoms with Crippen LogP contribution in [0, 0.1) is 0 Å². The van der Waals surface area contributed by atoms with Gasteiger partial charge in [0.2, 0.25) is 0 Å². The van der Waals surface area contributed by atoms with Crippen LogP contribution >= 0.6 is 12.2 Å².